The molecule has 1 aromatic rings. The zero-order chi connectivity index (χ0) is 11.7. The smallest absolute Gasteiger partial charge is 0.269 e. The van der Waals surface area contributed by atoms with Gasteiger partial charge >= 0.3 is 0 Å². The molecule has 7 nitrogen and oxygen atoms in total. The van der Waals surface area contributed by atoms with Crippen molar-refractivity contribution in [3.8, 4) is 0 Å². The van der Waals surface area contributed by atoms with Gasteiger partial charge in [-0.3, -0.25) is 10.1 Å². The number of non-ortho nitro benzene ring substituents is 1. The molecule has 2 rings (SSSR count). The average molecular weight is 225 g/mol. The van der Waals surface area contributed by atoms with Crippen LogP contribution in [0, 0.1) is 10.1 Å². The molecule has 4 N–H and O–H groups in total. The summed E-state index contributed by atoms with van der Waals surface area (Å²) in [5, 5.41) is 29.5. The number of aliphatic hydroxyl groups excluding tert-OH is 2. The lowest BCUT2D eigenvalue weighted by Crippen LogP contribution is -2.32. The Hall–Kier alpha value is -1.54. The van der Waals surface area contributed by atoms with Gasteiger partial charge in [-0.05, 0) is 5.56 Å². The minimum atomic E-state index is -0.920. The molecule has 1 aliphatic heterocycles. The Morgan fingerprint density at radius 1 is 1.12 bits per heavy atom. The molecule has 0 bridgehead atoms. The van der Waals surface area contributed by atoms with Gasteiger partial charge in [-0.15, -0.1) is 0 Å². The van der Waals surface area contributed by atoms with E-state index in [4.69, 9.17) is 0 Å². The molecule has 0 aromatic heterocycles. The van der Waals surface area contributed by atoms with Crippen molar-refractivity contribution >= 4 is 5.69 Å². The number of aliphatic hydroxyl groups is 2. The maximum absolute atomic E-state index is 10.4. The van der Waals surface area contributed by atoms with Gasteiger partial charge in [0.05, 0.1) is 10.8 Å². The van der Waals surface area contributed by atoms with Crippen molar-refractivity contribution in [2.45, 2.75) is 18.4 Å². The molecule has 16 heavy (non-hydrogen) atoms. The van der Waals surface area contributed by atoms with Gasteiger partial charge in [0.25, 0.3) is 5.69 Å². The van der Waals surface area contributed by atoms with Gasteiger partial charge in [0, 0.05) is 12.1 Å². The van der Waals surface area contributed by atoms with Gasteiger partial charge in [-0.25, -0.2) is 10.9 Å². The number of nitrogens with one attached hydrogen (secondary N) is 2. The fourth-order valence-electron chi connectivity index (χ4n) is 1.71. The van der Waals surface area contributed by atoms with E-state index in [0.29, 0.717) is 5.56 Å². The fraction of sp³-hybridized carbons (Fsp3) is 0.333. The number of benzene rings is 1. The Morgan fingerprint density at radius 2 is 1.62 bits per heavy atom. The number of hydrogen-bond donors (Lipinski definition) is 4. The molecule has 0 amide bonds. The third kappa shape index (κ3) is 1.89. The molecule has 1 aliphatic rings. The summed E-state index contributed by atoms with van der Waals surface area (Å²) in [7, 11) is 0. The number of hydrazine groups is 1. The van der Waals surface area contributed by atoms with Gasteiger partial charge in [0.2, 0.25) is 0 Å². The van der Waals surface area contributed by atoms with Gasteiger partial charge < -0.3 is 10.2 Å². The first-order valence-electron chi connectivity index (χ1n) is 4.71. The zero-order valence-electron chi connectivity index (χ0n) is 8.20. The molecule has 1 fully saturated rings. The van der Waals surface area contributed by atoms with E-state index in [1.54, 1.807) is 0 Å². The van der Waals surface area contributed by atoms with E-state index < -0.39 is 23.3 Å². The maximum atomic E-state index is 10.4. The van der Waals surface area contributed by atoms with Crippen molar-refractivity contribution < 1.29 is 15.1 Å². The molecular formula is C9H11N3O4. The summed E-state index contributed by atoms with van der Waals surface area (Å²) in [5.41, 5.74) is 5.56. The standard InChI is InChI=1S/C9H11N3O4/c13-8-7(9(14)11-10-8)5-1-3-6(4-2-5)12(15)16/h1-4,7-11,13-14H. The Kier molecular flexibility index (Phi) is 2.84. The van der Waals surface area contributed by atoms with E-state index in [2.05, 4.69) is 10.9 Å². The van der Waals surface area contributed by atoms with E-state index in [1.165, 1.54) is 24.3 Å². The third-order valence-corrected chi connectivity index (χ3v) is 2.55. The lowest BCUT2D eigenvalue weighted by Gasteiger charge is -2.15. The summed E-state index contributed by atoms with van der Waals surface area (Å²) in [6.45, 7) is 0. The van der Waals surface area contributed by atoms with Gasteiger partial charge in [0.1, 0.15) is 12.5 Å². The van der Waals surface area contributed by atoms with E-state index in [1.807, 2.05) is 0 Å². The first-order valence-corrected chi connectivity index (χ1v) is 4.71. The fourth-order valence-corrected chi connectivity index (χ4v) is 1.71. The molecule has 1 saturated heterocycles. The molecule has 2 atom stereocenters. The van der Waals surface area contributed by atoms with Crippen molar-refractivity contribution in [2.24, 2.45) is 0 Å². The number of nitro groups is 1. The van der Waals surface area contributed by atoms with Crippen LogP contribution in [0.4, 0.5) is 5.69 Å². The Bertz CT molecular complexity index is 384. The van der Waals surface area contributed by atoms with Crippen LogP contribution < -0.4 is 10.9 Å². The highest BCUT2D eigenvalue weighted by Crippen LogP contribution is 2.26. The quantitative estimate of drug-likeness (QED) is 0.396. The molecule has 1 heterocycles. The molecule has 7 heteroatoms. The molecule has 86 valence electrons. The summed E-state index contributed by atoms with van der Waals surface area (Å²) in [4.78, 5) is 9.95. The third-order valence-electron chi connectivity index (χ3n) is 2.55. The molecule has 1 aromatic carbocycles. The average Bonchev–Trinajstić information content (AvgIpc) is 2.59. The van der Waals surface area contributed by atoms with Crippen LogP contribution in [0.5, 0.6) is 0 Å². The molecular weight excluding hydrogens is 214 g/mol. The summed E-state index contributed by atoms with van der Waals surface area (Å²) < 4.78 is 0. The van der Waals surface area contributed by atoms with E-state index in [-0.39, 0.29) is 5.69 Å². The van der Waals surface area contributed by atoms with Crippen molar-refractivity contribution in [3.05, 3.63) is 39.9 Å². The van der Waals surface area contributed by atoms with Gasteiger partial charge in [0.15, 0.2) is 0 Å². The van der Waals surface area contributed by atoms with Crippen molar-refractivity contribution in [1.82, 2.24) is 10.9 Å². The molecule has 2 unspecified atom stereocenters. The monoisotopic (exact) mass is 225 g/mol. The Labute approximate surface area is 90.8 Å². The highest BCUT2D eigenvalue weighted by molar-refractivity contribution is 5.35. The first kappa shape index (κ1) is 11.0. The summed E-state index contributed by atoms with van der Waals surface area (Å²) in [6, 6.07) is 5.72. The Morgan fingerprint density at radius 3 is 2.06 bits per heavy atom. The number of nitro benzene ring substituents is 1. The first-order chi connectivity index (χ1) is 7.59. The maximum Gasteiger partial charge on any atom is 0.269 e. The molecule has 0 saturated carbocycles. The summed E-state index contributed by atoms with van der Waals surface area (Å²) >= 11 is 0. The second-order valence-electron chi connectivity index (χ2n) is 3.55. The van der Waals surface area contributed by atoms with Crippen LogP contribution in [-0.2, 0) is 0 Å². The molecule has 0 aliphatic carbocycles. The molecule has 0 spiro atoms. The second-order valence-corrected chi connectivity index (χ2v) is 3.55. The SMILES string of the molecule is O=[N+]([O-])c1ccc(C2C(O)NNC2O)cc1. The van der Waals surface area contributed by atoms with Crippen LogP contribution >= 0.6 is 0 Å². The van der Waals surface area contributed by atoms with Crippen molar-refractivity contribution in [3.63, 3.8) is 0 Å². The number of rotatable bonds is 2. The predicted molar refractivity (Wildman–Crippen MR) is 54.1 cm³/mol. The predicted octanol–water partition coefficient (Wildman–Crippen LogP) is -0.577. The highest BCUT2D eigenvalue weighted by Gasteiger charge is 2.34. The molecule has 0 radical (unpaired) electrons. The summed E-state index contributed by atoms with van der Waals surface area (Å²) in [5.74, 6) is -0.541. The van der Waals surface area contributed by atoms with Gasteiger partial charge in [-0.2, -0.15) is 0 Å². The minimum Gasteiger partial charge on any atom is -0.377 e. The van der Waals surface area contributed by atoms with Gasteiger partial charge in [-0.1, -0.05) is 12.1 Å². The van der Waals surface area contributed by atoms with Crippen LogP contribution in [0.25, 0.3) is 0 Å². The lowest BCUT2D eigenvalue weighted by molar-refractivity contribution is -0.384. The lowest BCUT2D eigenvalue weighted by atomic mass is 9.97. The minimum absolute atomic E-state index is 0.0216. The van der Waals surface area contributed by atoms with Crippen LogP contribution in [0.15, 0.2) is 24.3 Å². The number of hydrogen-bond acceptors (Lipinski definition) is 6. The topological polar surface area (TPSA) is 108 Å². The Balaban J connectivity index is 2.24. The largest absolute Gasteiger partial charge is 0.377 e. The second kappa shape index (κ2) is 4.14. The van der Waals surface area contributed by atoms with E-state index in [9.17, 15) is 20.3 Å². The van der Waals surface area contributed by atoms with Crippen LogP contribution in [0.1, 0.15) is 11.5 Å². The van der Waals surface area contributed by atoms with Crippen LogP contribution in [0.2, 0.25) is 0 Å². The zero-order valence-corrected chi connectivity index (χ0v) is 8.20. The van der Waals surface area contributed by atoms with E-state index >= 15 is 0 Å². The number of nitrogens with zero attached hydrogens (tertiary/aromatic N) is 1. The van der Waals surface area contributed by atoms with Crippen LogP contribution in [0.3, 0.4) is 0 Å². The highest BCUT2D eigenvalue weighted by atomic mass is 16.6. The van der Waals surface area contributed by atoms with Crippen LogP contribution in [-0.4, -0.2) is 27.6 Å². The van der Waals surface area contributed by atoms with E-state index in [0.717, 1.165) is 0 Å². The summed E-state index contributed by atoms with van der Waals surface area (Å²) in [6.07, 6.45) is -1.84. The van der Waals surface area contributed by atoms with Crippen molar-refractivity contribution in [1.29, 1.82) is 0 Å². The van der Waals surface area contributed by atoms with Crippen molar-refractivity contribution in [2.75, 3.05) is 0 Å². The normalized spacial score (nSPS) is 29.2.